The summed E-state index contributed by atoms with van der Waals surface area (Å²) in [7, 11) is 1.79. The summed E-state index contributed by atoms with van der Waals surface area (Å²) in [6.45, 7) is 4.19. The van der Waals surface area contributed by atoms with Gasteiger partial charge in [-0.2, -0.15) is 0 Å². The molecule has 3 N–H and O–H groups in total. The number of rotatable bonds is 6. The van der Waals surface area contributed by atoms with Crippen LogP contribution in [0.3, 0.4) is 0 Å². The van der Waals surface area contributed by atoms with Crippen molar-refractivity contribution in [3.05, 3.63) is 0 Å². The van der Waals surface area contributed by atoms with E-state index in [1.54, 1.807) is 11.9 Å². The lowest BCUT2D eigenvalue weighted by Gasteiger charge is -2.15. The predicted molar refractivity (Wildman–Crippen MR) is 54.6 cm³/mol. The van der Waals surface area contributed by atoms with Gasteiger partial charge in [-0.1, -0.05) is 6.42 Å². The number of hydrogen-bond acceptors (Lipinski definition) is 2. The van der Waals surface area contributed by atoms with Crippen molar-refractivity contribution < 1.29 is 4.79 Å². The standard InChI is InChI=1S/C9H21N3O/c1-3-12(2)9(13)11-8-6-4-5-7-10/h3-8,10H2,1-2H3,(H,11,13). The molecule has 0 atom stereocenters. The van der Waals surface area contributed by atoms with Crippen molar-refractivity contribution in [2.45, 2.75) is 26.2 Å². The van der Waals surface area contributed by atoms with E-state index < -0.39 is 0 Å². The van der Waals surface area contributed by atoms with E-state index in [-0.39, 0.29) is 6.03 Å². The van der Waals surface area contributed by atoms with Gasteiger partial charge in [-0.25, -0.2) is 4.79 Å². The number of carbonyl (C=O) groups excluding carboxylic acids is 1. The molecule has 0 aliphatic carbocycles. The molecule has 78 valence electrons. The predicted octanol–water partition coefficient (Wildman–Crippen LogP) is 0.777. The van der Waals surface area contributed by atoms with Gasteiger partial charge in [0.2, 0.25) is 0 Å². The second-order valence-electron chi connectivity index (χ2n) is 3.10. The first-order valence-electron chi connectivity index (χ1n) is 4.91. The molecular weight excluding hydrogens is 166 g/mol. The Kier molecular flexibility index (Phi) is 7.39. The molecule has 0 aliphatic heterocycles. The van der Waals surface area contributed by atoms with E-state index in [1.807, 2.05) is 6.92 Å². The molecule has 0 aromatic heterocycles. The number of unbranched alkanes of at least 4 members (excludes halogenated alkanes) is 2. The second kappa shape index (κ2) is 7.86. The summed E-state index contributed by atoms with van der Waals surface area (Å²) in [5.74, 6) is 0. The maximum Gasteiger partial charge on any atom is 0.317 e. The van der Waals surface area contributed by atoms with Crippen LogP contribution in [0.5, 0.6) is 0 Å². The first-order valence-corrected chi connectivity index (χ1v) is 4.91. The van der Waals surface area contributed by atoms with Crippen LogP contribution in [0.15, 0.2) is 0 Å². The second-order valence-corrected chi connectivity index (χ2v) is 3.10. The minimum atomic E-state index is 0.00949. The summed E-state index contributed by atoms with van der Waals surface area (Å²) >= 11 is 0. The molecule has 2 amide bonds. The molecule has 0 spiro atoms. The normalized spacial score (nSPS) is 9.77. The minimum absolute atomic E-state index is 0.00949. The summed E-state index contributed by atoms with van der Waals surface area (Å²) in [4.78, 5) is 12.9. The zero-order chi connectivity index (χ0) is 10.1. The maximum atomic E-state index is 11.2. The number of nitrogens with zero attached hydrogens (tertiary/aromatic N) is 1. The van der Waals surface area contributed by atoms with Crippen molar-refractivity contribution in [3.8, 4) is 0 Å². The van der Waals surface area contributed by atoms with Gasteiger partial charge in [0, 0.05) is 20.1 Å². The topological polar surface area (TPSA) is 58.4 Å². The molecule has 0 heterocycles. The van der Waals surface area contributed by atoms with Crippen LogP contribution in [0.2, 0.25) is 0 Å². The van der Waals surface area contributed by atoms with Crippen LogP contribution in [0.4, 0.5) is 4.79 Å². The smallest absolute Gasteiger partial charge is 0.317 e. The third-order valence-electron chi connectivity index (χ3n) is 1.98. The number of nitrogens with one attached hydrogen (secondary N) is 1. The van der Waals surface area contributed by atoms with Crippen LogP contribution in [0, 0.1) is 0 Å². The van der Waals surface area contributed by atoms with Gasteiger partial charge in [-0.3, -0.25) is 0 Å². The van der Waals surface area contributed by atoms with Crippen LogP contribution >= 0.6 is 0 Å². The number of nitrogens with two attached hydrogens (primary N) is 1. The fourth-order valence-corrected chi connectivity index (χ4v) is 0.920. The van der Waals surface area contributed by atoms with Crippen LogP contribution < -0.4 is 11.1 Å². The molecule has 0 aliphatic rings. The lowest BCUT2D eigenvalue weighted by atomic mass is 10.2. The summed E-state index contributed by atoms with van der Waals surface area (Å²) in [6, 6.07) is 0.00949. The SMILES string of the molecule is CCN(C)C(=O)NCCCCCN. The third kappa shape index (κ3) is 6.40. The molecule has 0 saturated carbocycles. The first kappa shape index (κ1) is 12.2. The average Bonchev–Trinajstić information content (AvgIpc) is 2.16. The fraction of sp³-hybridized carbons (Fsp3) is 0.889. The van der Waals surface area contributed by atoms with E-state index in [4.69, 9.17) is 5.73 Å². The molecule has 0 bridgehead atoms. The molecule has 0 unspecified atom stereocenters. The van der Waals surface area contributed by atoms with Crippen LogP contribution in [-0.2, 0) is 0 Å². The summed E-state index contributed by atoms with van der Waals surface area (Å²) in [5.41, 5.74) is 5.34. The third-order valence-corrected chi connectivity index (χ3v) is 1.98. The Morgan fingerprint density at radius 2 is 2.08 bits per heavy atom. The lowest BCUT2D eigenvalue weighted by molar-refractivity contribution is 0.211. The van der Waals surface area contributed by atoms with Gasteiger partial charge in [-0.15, -0.1) is 0 Å². The van der Waals surface area contributed by atoms with Gasteiger partial charge in [0.05, 0.1) is 0 Å². The van der Waals surface area contributed by atoms with E-state index in [1.165, 1.54) is 0 Å². The maximum absolute atomic E-state index is 11.2. The molecule has 0 aromatic carbocycles. The average molecular weight is 187 g/mol. The van der Waals surface area contributed by atoms with Crippen molar-refractivity contribution in [3.63, 3.8) is 0 Å². The van der Waals surface area contributed by atoms with Crippen LogP contribution in [0.25, 0.3) is 0 Å². The molecule has 4 heteroatoms. The van der Waals surface area contributed by atoms with E-state index >= 15 is 0 Å². The van der Waals surface area contributed by atoms with Crippen LogP contribution in [-0.4, -0.2) is 37.6 Å². The molecule has 0 aromatic rings. The molecule has 0 fully saturated rings. The van der Waals surface area contributed by atoms with Crippen molar-refractivity contribution in [2.75, 3.05) is 26.7 Å². The van der Waals surface area contributed by atoms with Gasteiger partial charge in [-0.05, 0) is 26.3 Å². The van der Waals surface area contributed by atoms with Gasteiger partial charge in [0.25, 0.3) is 0 Å². The Bertz CT molecular complexity index is 139. The Labute approximate surface area is 80.5 Å². The highest BCUT2D eigenvalue weighted by Crippen LogP contribution is 1.91. The first-order chi connectivity index (χ1) is 6.22. The van der Waals surface area contributed by atoms with E-state index in [2.05, 4.69) is 5.32 Å². The molecule has 0 radical (unpaired) electrons. The van der Waals surface area contributed by atoms with E-state index in [0.29, 0.717) is 0 Å². The summed E-state index contributed by atoms with van der Waals surface area (Å²) < 4.78 is 0. The molecule has 0 saturated heterocycles. The highest BCUT2D eigenvalue weighted by atomic mass is 16.2. The van der Waals surface area contributed by atoms with Gasteiger partial charge >= 0.3 is 6.03 Å². The number of hydrogen-bond donors (Lipinski definition) is 2. The van der Waals surface area contributed by atoms with Gasteiger partial charge < -0.3 is 16.0 Å². The van der Waals surface area contributed by atoms with Crippen LogP contribution in [0.1, 0.15) is 26.2 Å². The molecular formula is C9H21N3O. The molecule has 4 nitrogen and oxygen atoms in total. The van der Waals surface area contributed by atoms with Crippen molar-refractivity contribution in [2.24, 2.45) is 5.73 Å². The lowest BCUT2D eigenvalue weighted by Crippen LogP contribution is -2.37. The van der Waals surface area contributed by atoms with Gasteiger partial charge in [0.15, 0.2) is 0 Å². The zero-order valence-corrected chi connectivity index (χ0v) is 8.68. The highest BCUT2D eigenvalue weighted by Gasteiger charge is 2.03. The Morgan fingerprint density at radius 1 is 1.38 bits per heavy atom. The Morgan fingerprint density at radius 3 is 2.62 bits per heavy atom. The van der Waals surface area contributed by atoms with E-state index in [0.717, 1.165) is 38.9 Å². The molecule has 13 heavy (non-hydrogen) atoms. The zero-order valence-electron chi connectivity index (χ0n) is 8.68. The highest BCUT2D eigenvalue weighted by molar-refractivity contribution is 5.73. The van der Waals surface area contributed by atoms with Crippen molar-refractivity contribution >= 4 is 6.03 Å². The summed E-state index contributed by atoms with van der Waals surface area (Å²) in [6.07, 6.45) is 3.15. The Hall–Kier alpha value is -0.770. The van der Waals surface area contributed by atoms with Gasteiger partial charge in [0.1, 0.15) is 0 Å². The Balaban J connectivity index is 3.27. The number of urea groups is 1. The van der Waals surface area contributed by atoms with Crippen molar-refractivity contribution in [1.29, 1.82) is 0 Å². The van der Waals surface area contributed by atoms with E-state index in [9.17, 15) is 4.79 Å². The fourth-order valence-electron chi connectivity index (χ4n) is 0.920. The summed E-state index contributed by atoms with van der Waals surface area (Å²) in [5, 5.41) is 2.84. The quantitative estimate of drug-likeness (QED) is 0.604. The largest absolute Gasteiger partial charge is 0.338 e. The minimum Gasteiger partial charge on any atom is -0.338 e. The van der Waals surface area contributed by atoms with Crippen molar-refractivity contribution in [1.82, 2.24) is 10.2 Å². The molecule has 0 rings (SSSR count). The monoisotopic (exact) mass is 187 g/mol. The number of carbonyl (C=O) groups is 1. The number of amides is 2.